The lowest BCUT2D eigenvalue weighted by atomic mass is 9.88. The van der Waals surface area contributed by atoms with E-state index < -0.39 is 17.4 Å². The number of aromatic nitrogens is 1. The van der Waals surface area contributed by atoms with Gasteiger partial charge in [-0.05, 0) is 30.7 Å². The number of ether oxygens (including phenoxy) is 3. The summed E-state index contributed by atoms with van der Waals surface area (Å²) in [6.45, 7) is 2.56. The molecule has 0 amide bonds. The number of aromatic amines is 1. The number of benzene rings is 1. The van der Waals surface area contributed by atoms with Crippen molar-refractivity contribution in [2.45, 2.75) is 19.3 Å². The number of rotatable bonds is 4. The molecule has 1 atom stereocenters. The van der Waals surface area contributed by atoms with Gasteiger partial charge < -0.3 is 24.3 Å². The molecule has 0 bridgehead atoms. The second kappa shape index (κ2) is 6.88. The highest BCUT2D eigenvalue weighted by atomic mass is 16.6. The molecule has 1 aromatic heterocycles. The third-order valence-corrected chi connectivity index (χ3v) is 4.10. The van der Waals surface area contributed by atoms with Gasteiger partial charge in [0.05, 0.1) is 19.1 Å². The van der Waals surface area contributed by atoms with E-state index in [-0.39, 0.29) is 17.7 Å². The first-order chi connectivity index (χ1) is 12.0. The number of nitrogens with one attached hydrogen (secondary N) is 1. The summed E-state index contributed by atoms with van der Waals surface area (Å²) in [4.78, 5) is 26.9. The van der Waals surface area contributed by atoms with E-state index in [1.54, 1.807) is 25.1 Å². The monoisotopic (exact) mass is 345 g/mol. The Labute approximate surface area is 144 Å². The highest BCUT2D eigenvalue weighted by Gasteiger charge is 2.26. The first-order valence-electron chi connectivity index (χ1n) is 7.88. The molecular formula is C18H19NO6. The zero-order chi connectivity index (χ0) is 18.0. The summed E-state index contributed by atoms with van der Waals surface area (Å²) in [5.74, 6) is -0.174. The van der Waals surface area contributed by atoms with E-state index in [0.717, 1.165) is 0 Å². The van der Waals surface area contributed by atoms with Gasteiger partial charge in [-0.3, -0.25) is 9.59 Å². The second-order valence-corrected chi connectivity index (χ2v) is 5.82. The van der Waals surface area contributed by atoms with E-state index >= 15 is 0 Å². The molecule has 2 aromatic rings. The molecule has 132 valence electrons. The van der Waals surface area contributed by atoms with Gasteiger partial charge >= 0.3 is 5.97 Å². The molecule has 0 saturated carbocycles. The summed E-state index contributed by atoms with van der Waals surface area (Å²) in [6, 6.07) is 6.66. The first kappa shape index (κ1) is 16.9. The largest absolute Gasteiger partial charge is 0.507 e. The lowest BCUT2D eigenvalue weighted by Gasteiger charge is -2.22. The Bertz CT molecular complexity index is 857. The van der Waals surface area contributed by atoms with Gasteiger partial charge in [0.1, 0.15) is 19.0 Å². The third-order valence-electron chi connectivity index (χ3n) is 4.10. The molecule has 1 aromatic carbocycles. The van der Waals surface area contributed by atoms with E-state index in [1.807, 2.05) is 0 Å². The van der Waals surface area contributed by atoms with Crippen molar-refractivity contribution >= 4 is 5.97 Å². The van der Waals surface area contributed by atoms with Crippen molar-refractivity contribution < 1.29 is 24.1 Å². The van der Waals surface area contributed by atoms with E-state index in [4.69, 9.17) is 14.2 Å². The number of esters is 1. The fourth-order valence-corrected chi connectivity index (χ4v) is 2.93. The van der Waals surface area contributed by atoms with Gasteiger partial charge in [0.15, 0.2) is 11.5 Å². The Kier molecular flexibility index (Phi) is 4.65. The maximum absolute atomic E-state index is 12.4. The average molecular weight is 345 g/mol. The van der Waals surface area contributed by atoms with Crippen LogP contribution in [0, 0.1) is 6.92 Å². The molecule has 0 spiro atoms. The summed E-state index contributed by atoms with van der Waals surface area (Å²) in [6.07, 6.45) is -0.0875. The van der Waals surface area contributed by atoms with E-state index in [2.05, 4.69) is 4.98 Å². The van der Waals surface area contributed by atoms with E-state index in [9.17, 15) is 14.7 Å². The molecule has 0 fully saturated rings. The fraction of sp³-hybridized carbons (Fsp3) is 0.333. The quantitative estimate of drug-likeness (QED) is 0.821. The van der Waals surface area contributed by atoms with Gasteiger partial charge in [-0.15, -0.1) is 0 Å². The van der Waals surface area contributed by atoms with Crippen LogP contribution in [0.1, 0.15) is 29.2 Å². The highest BCUT2D eigenvalue weighted by Crippen LogP contribution is 2.37. The van der Waals surface area contributed by atoms with Crippen LogP contribution in [0.4, 0.5) is 0 Å². The predicted octanol–water partition coefficient (Wildman–Crippen LogP) is 1.86. The minimum Gasteiger partial charge on any atom is -0.507 e. The number of H-pyrrole nitrogens is 1. The van der Waals surface area contributed by atoms with Crippen LogP contribution in [0.3, 0.4) is 0 Å². The highest BCUT2D eigenvalue weighted by molar-refractivity contribution is 5.71. The van der Waals surface area contributed by atoms with Crippen molar-refractivity contribution in [2.75, 3.05) is 20.3 Å². The summed E-state index contributed by atoms with van der Waals surface area (Å²) < 4.78 is 15.8. The number of methoxy groups -OCH3 is 1. The predicted molar refractivity (Wildman–Crippen MR) is 89.4 cm³/mol. The van der Waals surface area contributed by atoms with Crippen LogP contribution in [0.5, 0.6) is 17.2 Å². The SMILES string of the molecule is COC(=O)C[C@H](c1ccc2c(c1)OCCO2)c1c(O)cc(C)[nH]c1=O. The second-order valence-electron chi connectivity index (χ2n) is 5.82. The maximum Gasteiger partial charge on any atom is 0.306 e. The standard InChI is InChI=1S/C18H19NO6/c1-10-7-13(20)17(18(22)19-10)12(9-16(21)23-2)11-3-4-14-15(8-11)25-6-5-24-14/h3-4,7-8,12H,5-6,9H2,1-2H3,(H2,19,20,22)/t12-/m1/s1. The Morgan fingerprint density at radius 2 is 2.00 bits per heavy atom. The Balaban J connectivity index is 2.10. The van der Waals surface area contributed by atoms with Crippen molar-refractivity contribution in [1.82, 2.24) is 4.98 Å². The molecule has 7 heteroatoms. The number of fused-ring (bicyclic) bond motifs is 1. The first-order valence-corrected chi connectivity index (χ1v) is 7.88. The van der Waals surface area contributed by atoms with Crippen LogP contribution >= 0.6 is 0 Å². The summed E-state index contributed by atoms with van der Waals surface area (Å²) in [7, 11) is 1.28. The molecule has 1 aliphatic heterocycles. The molecule has 1 aliphatic rings. The van der Waals surface area contributed by atoms with Crippen LogP contribution in [0.25, 0.3) is 0 Å². The summed E-state index contributed by atoms with van der Waals surface area (Å²) in [5, 5.41) is 10.3. The van der Waals surface area contributed by atoms with Gasteiger partial charge in [-0.1, -0.05) is 6.07 Å². The van der Waals surface area contributed by atoms with Crippen LogP contribution in [0.2, 0.25) is 0 Å². The number of aryl methyl sites for hydroxylation is 1. The van der Waals surface area contributed by atoms with Crippen molar-refractivity contribution in [3.63, 3.8) is 0 Å². The number of hydrogen-bond acceptors (Lipinski definition) is 6. The Morgan fingerprint density at radius 1 is 1.28 bits per heavy atom. The van der Waals surface area contributed by atoms with Crippen molar-refractivity contribution in [3.8, 4) is 17.2 Å². The molecule has 2 N–H and O–H groups in total. The molecule has 3 rings (SSSR count). The molecule has 0 aliphatic carbocycles. The van der Waals surface area contributed by atoms with Crippen molar-refractivity contribution in [3.05, 3.63) is 51.4 Å². The molecule has 0 unspecified atom stereocenters. The fourth-order valence-electron chi connectivity index (χ4n) is 2.93. The molecule has 0 radical (unpaired) electrons. The zero-order valence-corrected chi connectivity index (χ0v) is 14.0. The molecule has 25 heavy (non-hydrogen) atoms. The van der Waals surface area contributed by atoms with Crippen LogP contribution in [-0.4, -0.2) is 36.4 Å². The topological polar surface area (TPSA) is 97.8 Å². The van der Waals surface area contributed by atoms with Crippen LogP contribution in [0.15, 0.2) is 29.1 Å². The van der Waals surface area contributed by atoms with Crippen LogP contribution < -0.4 is 15.0 Å². The lowest BCUT2D eigenvalue weighted by molar-refractivity contribution is -0.140. The van der Waals surface area contributed by atoms with Crippen LogP contribution in [-0.2, 0) is 9.53 Å². The minimum atomic E-state index is -0.673. The van der Waals surface area contributed by atoms with Gasteiger partial charge in [-0.2, -0.15) is 0 Å². The normalized spacial score (nSPS) is 14.0. The number of aromatic hydroxyl groups is 1. The Hall–Kier alpha value is -2.96. The zero-order valence-electron chi connectivity index (χ0n) is 14.0. The van der Waals surface area contributed by atoms with E-state index in [1.165, 1.54) is 13.2 Å². The van der Waals surface area contributed by atoms with Gasteiger partial charge in [0.2, 0.25) is 0 Å². The Morgan fingerprint density at radius 3 is 2.68 bits per heavy atom. The lowest BCUT2D eigenvalue weighted by Crippen LogP contribution is -2.21. The van der Waals surface area contributed by atoms with Crippen molar-refractivity contribution in [1.29, 1.82) is 0 Å². The summed E-state index contributed by atoms with van der Waals surface area (Å²) in [5.41, 5.74) is 0.860. The minimum absolute atomic E-state index is 0.0875. The molecule has 0 saturated heterocycles. The molecule has 2 heterocycles. The van der Waals surface area contributed by atoms with Gasteiger partial charge in [-0.25, -0.2) is 0 Å². The summed E-state index contributed by atoms with van der Waals surface area (Å²) >= 11 is 0. The molecule has 7 nitrogen and oxygen atoms in total. The van der Waals surface area contributed by atoms with E-state index in [0.29, 0.717) is 36.0 Å². The third kappa shape index (κ3) is 3.45. The van der Waals surface area contributed by atoms with Gasteiger partial charge in [0, 0.05) is 11.6 Å². The van der Waals surface area contributed by atoms with Gasteiger partial charge in [0.25, 0.3) is 5.56 Å². The molecular weight excluding hydrogens is 326 g/mol. The average Bonchev–Trinajstić information content (AvgIpc) is 2.59. The number of carbonyl (C=O) groups excluding carboxylic acids is 1. The number of hydrogen-bond donors (Lipinski definition) is 2. The maximum atomic E-state index is 12.4. The number of pyridine rings is 1. The smallest absolute Gasteiger partial charge is 0.306 e. The van der Waals surface area contributed by atoms with Crippen molar-refractivity contribution in [2.24, 2.45) is 0 Å². The number of carbonyl (C=O) groups is 1.